The van der Waals surface area contributed by atoms with E-state index in [1.165, 1.54) is 0 Å². The molecule has 0 fully saturated rings. The van der Waals surface area contributed by atoms with Crippen molar-refractivity contribution in [2.24, 2.45) is 0 Å². The van der Waals surface area contributed by atoms with Crippen LogP contribution >= 0.6 is 0 Å². The molecule has 0 aliphatic rings. The van der Waals surface area contributed by atoms with Crippen molar-refractivity contribution < 1.29 is 9.90 Å². The topological polar surface area (TPSA) is 53.4 Å². The van der Waals surface area contributed by atoms with Crippen LogP contribution in [0.5, 0.6) is 0 Å². The van der Waals surface area contributed by atoms with Crippen LogP contribution in [-0.4, -0.2) is 33.0 Å². The number of aliphatic carboxylic acids is 1. The van der Waals surface area contributed by atoms with E-state index >= 15 is 0 Å². The molecule has 0 radical (unpaired) electrons. The number of hydrogen-bond acceptors (Lipinski definition) is 3. The maximum atomic E-state index is 10.7. The first kappa shape index (κ1) is 14.6. The van der Waals surface area contributed by atoms with E-state index in [0.717, 1.165) is 11.4 Å². The molecule has 100 valence electrons. The fourth-order valence-corrected chi connectivity index (χ4v) is 1.77. The average Bonchev–Trinajstić information content (AvgIpc) is 2.22. The highest BCUT2D eigenvalue weighted by Gasteiger charge is 2.22. The Kier molecular flexibility index (Phi) is 4.84. The van der Waals surface area contributed by atoms with E-state index in [-0.39, 0.29) is 12.0 Å². The lowest BCUT2D eigenvalue weighted by molar-refractivity contribution is -0.137. The van der Waals surface area contributed by atoms with Gasteiger partial charge < -0.3 is 5.11 Å². The van der Waals surface area contributed by atoms with E-state index < -0.39 is 5.97 Å². The Hall–Kier alpha value is -1.42. The van der Waals surface area contributed by atoms with Crippen LogP contribution in [0.25, 0.3) is 0 Å². The number of rotatable bonds is 5. The third-order valence-electron chi connectivity index (χ3n) is 2.84. The molecule has 4 nitrogen and oxygen atoms in total. The molecule has 1 aromatic heterocycles. The highest BCUT2D eigenvalue weighted by Crippen LogP contribution is 2.17. The minimum atomic E-state index is -0.763. The molecular formula is C14H22N2O2. The van der Waals surface area contributed by atoms with Gasteiger partial charge in [-0.2, -0.15) is 0 Å². The number of hydrogen-bond donors (Lipinski definition) is 1. The van der Waals surface area contributed by atoms with Gasteiger partial charge in [-0.05, 0) is 39.8 Å². The molecule has 1 N–H and O–H groups in total. The highest BCUT2D eigenvalue weighted by molar-refractivity contribution is 5.66. The molecule has 0 aliphatic carbocycles. The maximum absolute atomic E-state index is 10.7. The van der Waals surface area contributed by atoms with Crippen LogP contribution in [0.4, 0.5) is 0 Å². The van der Waals surface area contributed by atoms with Crippen LogP contribution in [0.2, 0.25) is 0 Å². The second-order valence-electron chi connectivity index (χ2n) is 5.51. The summed E-state index contributed by atoms with van der Waals surface area (Å²) in [5, 5.41) is 8.80. The van der Waals surface area contributed by atoms with E-state index in [4.69, 9.17) is 5.11 Å². The van der Waals surface area contributed by atoms with Crippen LogP contribution in [0.15, 0.2) is 18.2 Å². The van der Waals surface area contributed by atoms with Gasteiger partial charge in [0.1, 0.15) is 0 Å². The maximum Gasteiger partial charge on any atom is 0.304 e. The molecule has 0 aromatic carbocycles. The van der Waals surface area contributed by atoms with Gasteiger partial charge in [-0.15, -0.1) is 0 Å². The Morgan fingerprint density at radius 2 is 2.06 bits per heavy atom. The third-order valence-corrected chi connectivity index (χ3v) is 2.84. The van der Waals surface area contributed by atoms with Gasteiger partial charge in [-0.1, -0.05) is 6.07 Å². The number of aryl methyl sites for hydroxylation is 1. The Balaban J connectivity index is 2.75. The monoisotopic (exact) mass is 250 g/mol. The van der Waals surface area contributed by atoms with Crippen molar-refractivity contribution in [3.63, 3.8) is 0 Å². The van der Waals surface area contributed by atoms with E-state index in [9.17, 15) is 4.79 Å². The van der Waals surface area contributed by atoms with Crippen molar-refractivity contribution in [1.82, 2.24) is 9.88 Å². The molecule has 0 aliphatic heterocycles. The number of aromatic nitrogens is 1. The van der Waals surface area contributed by atoms with Crippen molar-refractivity contribution in [3.05, 3.63) is 29.6 Å². The molecule has 4 heteroatoms. The van der Waals surface area contributed by atoms with Crippen molar-refractivity contribution in [2.45, 2.75) is 46.2 Å². The van der Waals surface area contributed by atoms with Gasteiger partial charge in [0.05, 0.1) is 12.1 Å². The summed E-state index contributed by atoms with van der Waals surface area (Å²) < 4.78 is 0. The minimum absolute atomic E-state index is 0.0686. The summed E-state index contributed by atoms with van der Waals surface area (Å²) in [7, 11) is 0. The molecule has 0 saturated heterocycles. The fraction of sp³-hybridized carbons (Fsp3) is 0.571. The first-order valence-electron chi connectivity index (χ1n) is 6.18. The summed E-state index contributed by atoms with van der Waals surface area (Å²) in [4.78, 5) is 17.3. The molecule has 0 spiro atoms. The molecule has 0 saturated carbocycles. The number of pyridine rings is 1. The lowest BCUT2D eigenvalue weighted by atomic mass is 10.0. The Labute approximate surface area is 109 Å². The van der Waals surface area contributed by atoms with Crippen LogP contribution in [0.1, 0.15) is 38.6 Å². The van der Waals surface area contributed by atoms with Crippen LogP contribution in [-0.2, 0) is 11.3 Å². The van der Waals surface area contributed by atoms with Gasteiger partial charge in [-0.3, -0.25) is 14.7 Å². The van der Waals surface area contributed by atoms with Crippen molar-refractivity contribution in [1.29, 1.82) is 0 Å². The largest absolute Gasteiger partial charge is 0.481 e. The van der Waals surface area contributed by atoms with Gasteiger partial charge in [0.25, 0.3) is 0 Å². The Morgan fingerprint density at radius 3 is 2.56 bits per heavy atom. The number of nitrogens with zero attached hydrogens (tertiary/aromatic N) is 2. The molecule has 1 rings (SSSR count). The van der Waals surface area contributed by atoms with Crippen LogP contribution in [0.3, 0.4) is 0 Å². The lowest BCUT2D eigenvalue weighted by Crippen LogP contribution is -2.42. The van der Waals surface area contributed by atoms with E-state index in [1.807, 2.05) is 25.1 Å². The minimum Gasteiger partial charge on any atom is -0.481 e. The highest BCUT2D eigenvalue weighted by atomic mass is 16.4. The Bertz CT molecular complexity index is 411. The quantitative estimate of drug-likeness (QED) is 0.872. The van der Waals surface area contributed by atoms with E-state index in [1.54, 1.807) is 0 Å². The van der Waals surface area contributed by atoms with Crippen molar-refractivity contribution in [2.75, 3.05) is 6.54 Å². The van der Waals surface area contributed by atoms with Gasteiger partial charge >= 0.3 is 5.97 Å². The summed E-state index contributed by atoms with van der Waals surface area (Å²) in [6.07, 6.45) is 0.156. The molecule has 0 bridgehead atoms. The predicted molar refractivity (Wildman–Crippen MR) is 71.4 cm³/mol. The second-order valence-corrected chi connectivity index (χ2v) is 5.51. The lowest BCUT2D eigenvalue weighted by Gasteiger charge is -2.35. The van der Waals surface area contributed by atoms with Crippen molar-refractivity contribution >= 4 is 5.97 Å². The number of carboxylic acid groups (broad SMARTS) is 1. The van der Waals surface area contributed by atoms with Gasteiger partial charge in [-0.25, -0.2) is 0 Å². The molecule has 0 amide bonds. The molecule has 0 atom stereocenters. The summed E-state index contributed by atoms with van der Waals surface area (Å²) in [5.74, 6) is -0.763. The zero-order valence-electron chi connectivity index (χ0n) is 11.6. The average molecular weight is 250 g/mol. The molecular weight excluding hydrogens is 228 g/mol. The third kappa shape index (κ3) is 4.84. The van der Waals surface area contributed by atoms with E-state index in [0.29, 0.717) is 13.1 Å². The molecule has 1 aromatic rings. The predicted octanol–water partition coefficient (Wildman–Crippen LogP) is 2.47. The zero-order valence-corrected chi connectivity index (χ0v) is 11.6. The number of carboxylic acids is 1. The first-order valence-corrected chi connectivity index (χ1v) is 6.18. The molecule has 18 heavy (non-hydrogen) atoms. The number of carbonyl (C=O) groups is 1. The normalized spacial score (nSPS) is 11.8. The van der Waals surface area contributed by atoms with Gasteiger partial charge in [0.2, 0.25) is 0 Å². The van der Waals surface area contributed by atoms with Crippen LogP contribution < -0.4 is 0 Å². The summed E-state index contributed by atoms with van der Waals surface area (Å²) >= 11 is 0. The standard InChI is InChI=1S/C14H22N2O2/c1-11-6-5-7-12(15-11)10-16(14(2,3)4)9-8-13(17)18/h5-7H,8-10H2,1-4H3,(H,17,18). The molecule has 0 unspecified atom stereocenters. The smallest absolute Gasteiger partial charge is 0.304 e. The molecule has 1 heterocycles. The van der Waals surface area contributed by atoms with Crippen molar-refractivity contribution in [3.8, 4) is 0 Å². The fourth-order valence-electron chi connectivity index (χ4n) is 1.77. The second kappa shape index (κ2) is 5.96. The summed E-state index contributed by atoms with van der Waals surface area (Å²) in [6.45, 7) is 9.44. The first-order chi connectivity index (χ1) is 8.29. The Morgan fingerprint density at radius 1 is 1.39 bits per heavy atom. The van der Waals surface area contributed by atoms with Gasteiger partial charge in [0.15, 0.2) is 0 Å². The zero-order chi connectivity index (χ0) is 13.8. The summed E-state index contributed by atoms with van der Waals surface area (Å²) in [6, 6.07) is 5.92. The SMILES string of the molecule is Cc1cccc(CN(CCC(=O)O)C(C)(C)C)n1. The summed E-state index contributed by atoms with van der Waals surface area (Å²) in [5.41, 5.74) is 1.90. The van der Waals surface area contributed by atoms with E-state index in [2.05, 4.69) is 30.7 Å². The van der Waals surface area contributed by atoms with Gasteiger partial charge in [0, 0.05) is 24.3 Å². The van der Waals surface area contributed by atoms with Crippen LogP contribution in [0, 0.1) is 6.92 Å².